The maximum Gasteiger partial charge on any atom is 0.144 e. The van der Waals surface area contributed by atoms with Crippen LogP contribution in [0.4, 0.5) is 5.69 Å². The molecule has 0 amide bonds. The van der Waals surface area contributed by atoms with E-state index in [1.807, 2.05) is 12.1 Å². The Labute approximate surface area is 87.4 Å². The minimum Gasteiger partial charge on any atom is -0.494 e. The van der Waals surface area contributed by atoms with Crippen LogP contribution in [0.25, 0.3) is 11.0 Å². The van der Waals surface area contributed by atoms with Crippen molar-refractivity contribution in [3.05, 3.63) is 18.0 Å². The topological polar surface area (TPSA) is 63.9 Å². The number of methoxy groups -OCH3 is 1. The number of hydrogen-bond donors (Lipinski definition) is 2. The average Bonchev–Trinajstić information content (AvgIpc) is 2.99. The number of fused-ring (bicyclic) bond motifs is 1. The third kappa shape index (κ3) is 1.25. The molecule has 0 bridgehead atoms. The second-order valence-corrected chi connectivity index (χ2v) is 3.98. The smallest absolute Gasteiger partial charge is 0.144 e. The van der Waals surface area contributed by atoms with Gasteiger partial charge in [-0.2, -0.15) is 0 Å². The molecule has 1 heterocycles. The zero-order chi connectivity index (χ0) is 10.4. The number of nitrogens with two attached hydrogens (primary N) is 1. The summed E-state index contributed by atoms with van der Waals surface area (Å²) in [5.74, 6) is 2.45. The van der Waals surface area contributed by atoms with Gasteiger partial charge in [0, 0.05) is 5.92 Å². The number of nitrogen functional groups attached to an aromatic ring is 1. The fraction of sp³-hybridized carbons (Fsp3) is 0.364. The van der Waals surface area contributed by atoms with E-state index in [0.717, 1.165) is 22.6 Å². The maximum absolute atomic E-state index is 5.88. The van der Waals surface area contributed by atoms with E-state index in [2.05, 4.69) is 9.97 Å². The Morgan fingerprint density at radius 1 is 1.47 bits per heavy atom. The van der Waals surface area contributed by atoms with Gasteiger partial charge in [0.2, 0.25) is 0 Å². The summed E-state index contributed by atoms with van der Waals surface area (Å²) in [5.41, 5.74) is 8.32. The quantitative estimate of drug-likeness (QED) is 0.734. The zero-order valence-corrected chi connectivity index (χ0v) is 8.58. The fourth-order valence-corrected chi connectivity index (χ4v) is 1.83. The number of nitrogens with zero attached hydrogens (tertiary/aromatic N) is 1. The van der Waals surface area contributed by atoms with Gasteiger partial charge >= 0.3 is 0 Å². The van der Waals surface area contributed by atoms with E-state index in [1.165, 1.54) is 12.8 Å². The number of H-pyrrole nitrogens is 1. The number of rotatable bonds is 2. The summed E-state index contributed by atoms with van der Waals surface area (Å²) in [6, 6.07) is 3.70. The first-order valence-corrected chi connectivity index (χ1v) is 5.11. The van der Waals surface area contributed by atoms with Crippen LogP contribution in [0.5, 0.6) is 5.75 Å². The molecule has 4 heteroatoms. The molecule has 0 atom stereocenters. The number of nitrogens with one attached hydrogen (secondary N) is 1. The van der Waals surface area contributed by atoms with Gasteiger partial charge < -0.3 is 15.5 Å². The van der Waals surface area contributed by atoms with Crippen molar-refractivity contribution in [3.63, 3.8) is 0 Å². The molecule has 1 saturated carbocycles. The highest BCUT2D eigenvalue weighted by Crippen LogP contribution is 2.40. The van der Waals surface area contributed by atoms with Gasteiger partial charge in [0.05, 0.1) is 12.8 Å². The zero-order valence-electron chi connectivity index (χ0n) is 8.58. The number of benzene rings is 1. The Hall–Kier alpha value is -1.71. The van der Waals surface area contributed by atoms with Gasteiger partial charge in [-0.15, -0.1) is 0 Å². The molecular formula is C11H13N3O. The molecule has 0 aliphatic heterocycles. The van der Waals surface area contributed by atoms with Crippen LogP contribution in [0.3, 0.4) is 0 Å². The van der Waals surface area contributed by atoms with E-state index < -0.39 is 0 Å². The Kier molecular flexibility index (Phi) is 1.65. The molecule has 0 saturated heterocycles. The molecule has 0 radical (unpaired) electrons. The fourth-order valence-electron chi connectivity index (χ4n) is 1.83. The summed E-state index contributed by atoms with van der Waals surface area (Å²) in [7, 11) is 1.66. The highest BCUT2D eigenvalue weighted by Gasteiger charge is 2.27. The van der Waals surface area contributed by atoms with Gasteiger partial charge in [-0.1, -0.05) is 0 Å². The second kappa shape index (κ2) is 2.89. The van der Waals surface area contributed by atoms with Crippen LogP contribution in [-0.2, 0) is 0 Å². The van der Waals surface area contributed by atoms with Gasteiger partial charge in [-0.25, -0.2) is 4.98 Å². The summed E-state index contributed by atoms with van der Waals surface area (Å²) >= 11 is 0. The number of anilines is 1. The van der Waals surface area contributed by atoms with Gasteiger partial charge in [0.25, 0.3) is 0 Å². The van der Waals surface area contributed by atoms with Crippen molar-refractivity contribution in [2.45, 2.75) is 18.8 Å². The minimum absolute atomic E-state index is 0.599. The van der Waals surface area contributed by atoms with Crippen LogP contribution >= 0.6 is 0 Å². The standard InChI is InChI=1S/C11H13N3O/c1-15-8-5-4-7(12)9-10(8)14-11(13-9)6-2-3-6/h4-6H,2-3,12H2,1H3,(H,13,14). The van der Waals surface area contributed by atoms with Crippen molar-refractivity contribution in [1.29, 1.82) is 0 Å². The van der Waals surface area contributed by atoms with E-state index in [1.54, 1.807) is 7.11 Å². The Balaban J connectivity index is 2.25. The molecule has 2 aromatic rings. The Morgan fingerprint density at radius 2 is 2.27 bits per heavy atom. The number of aromatic amines is 1. The van der Waals surface area contributed by atoms with Gasteiger partial charge in [-0.3, -0.25) is 0 Å². The molecule has 1 aliphatic carbocycles. The lowest BCUT2D eigenvalue weighted by atomic mass is 10.2. The Bertz CT molecular complexity index is 514. The molecule has 0 spiro atoms. The van der Waals surface area contributed by atoms with Crippen LogP contribution in [0.2, 0.25) is 0 Å². The van der Waals surface area contributed by atoms with E-state index in [9.17, 15) is 0 Å². The monoisotopic (exact) mass is 203 g/mol. The number of hydrogen-bond acceptors (Lipinski definition) is 3. The summed E-state index contributed by atoms with van der Waals surface area (Å²) < 4.78 is 5.27. The predicted octanol–water partition coefficient (Wildman–Crippen LogP) is 2.03. The normalized spacial score (nSPS) is 15.8. The van der Waals surface area contributed by atoms with Crippen molar-refractivity contribution in [3.8, 4) is 5.75 Å². The molecular weight excluding hydrogens is 190 g/mol. The minimum atomic E-state index is 0.599. The van der Waals surface area contributed by atoms with Crippen molar-refractivity contribution in [2.75, 3.05) is 12.8 Å². The summed E-state index contributed by atoms with van der Waals surface area (Å²) in [6.45, 7) is 0. The maximum atomic E-state index is 5.88. The SMILES string of the molecule is COc1ccc(N)c2nc(C3CC3)[nH]c12. The molecule has 1 fully saturated rings. The largest absolute Gasteiger partial charge is 0.494 e. The van der Waals surface area contributed by atoms with Crippen molar-refractivity contribution in [2.24, 2.45) is 0 Å². The van der Waals surface area contributed by atoms with Crippen LogP contribution in [0.1, 0.15) is 24.6 Å². The Morgan fingerprint density at radius 3 is 2.93 bits per heavy atom. The van der Waals surface area contributed by atoms with Crippen LogP contribution in [0, 0.1) is 0 Å². The summed E-state index contributed by atoms with van der Waals surface area (Å²) in [4.78, 5) is 7.82. The average molecular weight is 203 g/mol. The second-order valence-electron chi connectivity index (χ2n) is 3.98. The molecule has 78 valence electrons. The molecule has 4 nitrogen and oxygen atoms in total. The molecule has 0 unspecified atom stereocenters. The molecule has 1 aromatic carbocycles. The number of imidazole rings is 1. The van der Waals surface area contributed by atoms with Gasteiger partial charge in [0.15, 0.2) is 0 Å². The first-order chi connectivity index (χ1) is 7.29. The lowest BCUT2D eigenvalue weighted by Gasteiger charge is -2.01. The van der Waals surface area contributed by atoms with Crippen LogP contribution < -0.4 is 10.5 Å². The van der Waals surface area contributed by atoms with Crippen molar-refractivity contribution in [1.82, 2.24) is 9.97 Å². The van der Waals surface area contributed by atoms with Crippen LogP contribution in [-0.4, -0.2) is 17.1 Å². The molecule has 1 aromatic heterocycles. The van der Waals surface area contributed by atoms with Gasteiger partial charge in [-0.05, 0) is 25.0 Å². The molecule has 3 N–H and O–H groups in total. The first-order valence-electron chi connectivity index (χ1n) is 5.11. The first kappa shape index (κ1) is 8.59. The van der Waals surface area contributed by atoms with E-state index in [0.29, 0.717) is 11.6 Å². The number of aromatic nitrogens is 2. The van der Waals surface area contributed by atoms with Crippen molar-refractivity contribution >= 4 is 16.7 Å². The summed E-state index contributed by atoms with van der Waals surface area (Å²) in [6.07, 6.45) is 2.45. The van der Waals surface area contributed by atoms with E-state index in [-0.39, 0.29) is 0 Å². The van der Waals surface area contributed by atoms with Crippen LogP contribution in [0.15, 0.2) is 12.1 Å². The third-order valence-electron chi connectivity index (χ3n) is 2.84. The summed E-state index contributed by atoms with van der Waals surface area (Å²) in [5, 5.41) is 0. The molecule has 3 rings (SSSR count). The van der Waals surface area contributed by atoms with Gasteiger partial charge in [0.1, 0.15) is 22.6 Å². The lowest BCUT2D eigenvalue weighted by molar-refractivity contribution is 0.419. The highest BCUT2D eigenvalue weighted by molar-refractivity contribution is 5.91. The van der Waals surface area contributed by atoms with E-state index in [4.69, 9.17) is 10.5 Å². The van der Waals surface area contributed by atoms with Crippen molar-refractivity contribution < 1.29 is 4.74 Å². The highest BCUT2D eigenvalue weighted by atomic mass is 16.5. The number of ether oxygens (including phenoxy) is 1. The lowest BCUT2D eigenvalue weighted by Crippen LogP contribution is -1.89. The predicted molar refractivity (Wildman–Crippen MR) is 59.0 cm³/mol. The molecule has 15 heavy (non-hydrogen) atoms. The third-order valence-corrected chi connectivity index (χ3v) is 2.84. The van der Waals surface area contributed by atoms with E-state index >= 15 is 0 Å². The molecule has 1 aliphatic rings.